The first kappa shape index (κ1) is 29.8. The Morgan fingerprint density at radius 1 is 1.07 bits per heavy atom. The van der Waals surface area contributed by atoms with Crippen molar-refractivity contribution < 1.29 is 27.9 Å². The van der Waals surface area contributed by atoms with Crippen LogP contribution in [0.5, 0.6) is 0 Å². The molecule has 4 rings (SSSR count). The Kier molecular flexibility index (Phi) is 9.11. The van der Waals surface area contributed by atoms with Gasteiger partial charge in [0.15, 0.2) is 5.37 Å². The number of hydrogen-bond donors (Lipinski definition) is 2. The number of nitrogens with zero attached hydrogens (tertiary/aromatic N) is 4. The van der Waals surface area contributed by atoms with Gasteiger partial charge in [-0.1, -0.05) is 30.3 Å². The number of hydrogen-bond acceptors (Lipinski definition) is 10. The number of aromatic nitrogens is 3. The summed E-state index contributed by atoms with van der Waals surface area (Å²) in [7, 11) is -4.08. The van der Waals surface area contributed by atoms with Gasteiger partial charge >= 0.3 is 12.1 Å². The van der Waals surface area contributed by atoms with Gasteiger partial charge in [-0.2, -0.15) is 0 Å². The highest BCUT2D eigenvalue weighted by Crippen LogP contribution is 2.28. The number of anilines is 1. The Hall–Kier alpha value is -4.20. The average Bonchev–Trinajstić information content (AvgIpc) is 3.47. The lowest BCUT2D eigenvalue weighted by Crippen LogP contribution is -2.40. The maximum atomic E-state index is 13.8. The Labute approximate surface area is 241 Å². The monoisotopic (exact) mass is 595 g/mol. The smallest absolute Gasteiger partial charge is 0.416 e. The molecule has 4 aromatic rings. The molecule has 11 nitrogen and oxygen atoms in total. The maximum Gasteiger partial charge on any atom is 0.416 e. The van der Waals surface area contributed by atoms with Gasteiger partial charge in [-0.25, -0.2) is 23.2 Å². The van der Waals surface area contributed by atoms with Crippen LogP contribution < -0.4 is 10.2 Å². The topological polar surface area (TPSA) is 152 Å². The number of ether oxygens (including phenoxy) is 1. The number of sulfone groups is 1. The zero-order valence-electron chi connectivity index (χ0n) is 22.6. The Balaban J connectivity index is 1.68. The molecule has 0 aliphatic carbocycles. The summed E-state index contributed by atoms with van der Waals surface area (Å²) >= 11 is 1.52. The number of benzene rings is 1. The van der Waals surface area contributed by atoms with E-state index in [4.69, 9.17) is 4.74 Å². The van der Waals surface area contributed by atoms with Crippen molar-refractivity contribution in [3.05, 3.63) is 89.8 Å². The van der Waals surface area contributed by atoms with Crippen molar-refractivity contribution in [3.8, 4) is 10.6 Å². The standard InChI is InChI=1S/C28H29N5O6S2/c1-28(2,3)39-27(36)33(18-24(34)35)23-8-4-7-22(32-23)26(41(37,38)21-6-5-13-29-17-21)31-16-19-9-11-20(12-10-19)25-30-14-15-40-25/h4-15,17,26,31H,16,18H2,1-3H3,(H,34,35). The van der Waals surface area contributed by atoms with Crippen molar-refractivity contribution in [2.45, 2.75) is 43.2 Å². The van der Waals surface area contributed by atoms with Gasteiger partial charge in [-0.3, -0.25) is 20.0 Å². The number of rotatable bonds is 10. The third-order valence-electron chi connectivity index (χ3n) is 5.61. The molecule has 1 unspecified atom stereocenters. The third-order valence-corrected chi connectivity index (χ3v) is 8.36. The van der Waals surface area contributed by atoms with Crippen LogP contribution in [-0.4, -0.2) is 52.7 Å². The molecular weight excluding hydrogens is 566 g/mol. The highest BCUT2D eigenvalue weighted by Gasteiger charge is 2.32. The van der Waals surface area contributed by atoms with E-state index in [-0.39, 0.29) is 23.0 Å². The fourth-order valence-electron chi connectivity index (χ4n) is 3.79. The molecule has 0 bridgehead atoms. The minimum atomic E-state index is -4.08. The SMILES string of the molecule is CC(C)(C)OC(=O)N(CC(=O)O)c1cccc(C(NCc2ccc(-c3nccs3)cc2)S(=O)(=O)c2cccnc2)n1. The molecule has 3 aromatic heterocycles. The Bertz CT molecular complexity index is 1590. The molecule has 2 N–H and O–H groups in total. The van der Waals surface area contributed by atoms with Gasteiger partial charge < -0.3 is 9.84 Å². The van der Waals surface area contributed by atoms with Gasteiger partial charge in [0, 0.05) is 36.1 Å². The van der Waals surface area contributed by atoms with Gasteiger partial charge in [-0.05, 0) is 50.6 Å². The van der Waals surface area contributed by atoms with E-state index in [1.54, 1.807) is 27.0 Å². The van der Waals surface area contributed by atoms with Crippen LogP contribution in [0.15, 0.2) is 83.5 Å². The van der Waals surface area contributed by atoms with Crippen molar-refractivity contribution in [2.75, 3.05) is 11.4 Å². The minimum Gasteiger partial charge on any atom is -0.480 e. The second kappa shape index (κ2) is 12.5. The largest absolute Gasteiger partial charge is 0.480 e. The first-order valence-corrected chi connectivity index (χ1v) is 14.9. The van der Waals surface area contributed by atoms with Crippen molar-refractivity contribution in [1.29, 1.82) is 0 Å². The molecule has 3 heterocycles. The van der Waals surface area contributed by atoms with Crippen LogP contribution in [0.25, 0.3) is 10.6 Å². The van der Waals surface area contributed by atoms with Gasteiger partial charge in [-0.15, -0.1) is 11.3 Å². The summed E-state index contributed by atoms with van der Waals surface area (Å²) in [6.07, 6.45) is 3.51. The number of amides is 1. The van der Waals surface area contributed by atoms with Crippen LogP contribution in [-0.2, 0) is 25.9 Å². The lowest BCUT2D eigenvalue weighted by atomic mass is 10.1. The summed E-state index contributed by atoms with van der Waals surface area (Å²) in [4.78, 5) is 37.9. The van der Waals surface area contributed by atoms with Gasteiger partial charge in [0.25, 0.3) is 0 Å². The molecule has 0 saturated carbocycles. The molecule has 0 radical (unpaired) electrons. The average molecular weight is 596 g/mol. The van der Waals surface area contributed by atoms with Crippen molar-refractivity contribution in [3.63, 3.8) is 0 Å². The molecule has 41 heavy (non-hydrogen) atoms. The van der Waals surface area contributed by atoms with Crippen molar-refractivity contribution in [1.82, 2.24) is 20.3 Å². The quantitative estimate of drug-likeness (QED) is 0.264. The minimum absolute atomic E-state index is 0.0293. The summed E-state index contributed by atoms with van der Waals surface area (Å²) in [5.41, 5.74) is 0.922. The molecule has 214 valence electrons. The van der Waals surface area contributed by atoms with Crippen molar-refractivity contribution in [2.24, 2.45) is 0 Å². The van der Waals surface area contributed by atoms with Crippen molar-refractivity contribution >= 4 is 39.1 Å². The van der Waals surface area contributed by atoms with Crippen LogP contribution >= 0.6 is 11.3 Å². The first-order chi connectivity index (χ1) is 19.4. The Morgan fingerprint density at radius 2 is 1.83 bits per heavy atom. The lowest BCUT2D eigenvalue weighted by molar-refractivity contribution is -0.135. The van der Waals surface area contributed by atoms with E-state index in [0.29, 0.717) is 0 Å². The number of thiazole rings is 1. The van der Waals surface area contributed by atoms with E-state index in [1.165, 1.54) is 54.1 Å². The number of carboxylic acid groups (broad SMARTS) is 1. The van der Waals surface area contributed by atoms with Crippen LogP contribution in [0.4, 0.5) is 10.6 Å². The summed E-state index contributed by atoms with van der Waals surface area (Å²) in [6, 6.07) is 14.9. The highest BCUT2D eigenvalue weighted by molar-refractivity contribution is 7.91. The number of nitrogens with one attached hydrogen (secondary N) is 1. The number of carboxylic acids is 1. The number of aliphatic carboxylic acids is 1. The fourth-order valence-corrected chi connectivity index (χ4v) is 5.94. The second-order valence-corrected chi connectivity index (χ2v) is 12.8. The third kappa shape index (κ3) is 7.72. The number of pyridine rings is 2. The Morgan fingerprint density at radius 3 is 2.44 bits per heavy atom. The molecular formula is C28H29N5O6S2. The molecule has 0 aliphatic rings. The molecule has 0 saturated heterocycles. The highest BCUT2D eigenvalue weighted by atomic mass is 32.2. The van der Waals surface area contributed by atoms with E-state index in [1.807, 2.05) is 29.6 Å². The van der Waals surface area contributed by atoms with E-state index in [0.717, 1.165) is 21.0 Å². The predicted octanol–water partition coefficient (Wildman–Crippen LogP) is 4.69. The van der Waals surface area contributed by atoms with Crippen LogP contribution in [0.1, 0.15) is 37.4 Å². The molecule has 1 amide bonds. The van der Waals surface area contributed by atoms with E-state index in [9.17, 15) is 23.1 Å². The number of carbonyl (C=O) groups excluding carboxylic acids is 1. The molecule has 0 spiro atoms. The van der Waals surface area contributed by atoms with Crippen LogP contribution in [0.2, 0.25) is 0 Å². The van der Waals surface area contributed by atoms with Gasteiger partial charge in [0.05, 0.1) is 10.6 Å². The first-order valence-electron chi connectivity index (χ1n) is 12.5. The van der Waals surface area contributed by atoms with E-state index >= 15 is 0 Å². The molecule has 1 atom stereocenters. The summed E-state index contributed by atoms with van der Waals surface area (Å²) in [5.74, 6) is -1.36. The molecule has 0 fully saturated rings. The van der Waals surface area contributed by atoms with Crippen LogP contribution in [0.3, 0.4) is 0 Å². The lowest BCUT2D eigenvalue weighted by Gasteiger charge is -2.26. The van der Waals surface area contributed by atoms with Crippen LogP contribution in [0, 0.1) is 0 Å². The second-order valence-electron chi connectivity index (χ2n) is 9.91. The zero-order chi connectivity index (χ0) is 29.6. The van der Waals surface area contributed by atoms with E-state index in [2.05, 4.69) is 20.3 Å². The maximum absolute atomic E-state index is 13.8. The van der Waals surface area contributed by atoms with E-state index < -0.39 is 39.4 Å². The normalized spacial score (nSPS) is 12.5. The van der Waals surface area contributed by atoms with Gasteiger partial charge in [0.1, 0.15) is 23.0 Å². The summed E-state index contributed by atoms with van der Waals surface area (Å²) in [6.45, 7) is 4.39. The molecule has 0 aliphatic heterocycles. The summed E-state index contributed by atoms with van der Waals surface area (Å²) < 4.78 is 33.0. The predicted molar refractivity (Wildman–Crippen MR) is 154 cm³/mol. The molecule has 13 heteroatoms. The zero-order valence-corrected chi connectivity index (χ0v) is 24.2. The fraction of sp³-hybridized carbons (Fsp3) is 0.250. The van der Waals surface area contributed by atoms with Gasteiger partial charge in [0.2, 0.25) is 9.84 Å². The molecule has 1 aromatic carbocycles. The summed E-state index contributed by atoms with van der Waals surface area (Å²) in [5, 5.41) is 13.9. The number of carbonyl (C=O) groups is 2.